The van der Waals surface area contributed by atoms with Crippen molar-refractivity contribution in [2.45, 2.75) is 19.0 Å². The Bertz CT molecular complexity index is 798. The van der Waals surface area contributed by atoms with E-state index in [0.29, 0.717) is 0 Å². The van der Waals surface area contributed by atoms with Crippen molar-refractivity contribution in [3.05, 3.63) is 108 Å². The minimum absolute atomic E-state index is 0.0124. The van der Waals surface area contributed by atoms with Crippen molar-refractivity contribution in [3.8, 4) is 11.8 Å². The molecule has 0 saturated heterocycles. The molecule has 3 rings (SSSR count). The normalized spacial score (nSPS) is 12.7. The molecular formula is C23H21N. The van der Waals surface area contributed by atoms with Crippen molar-refractivity contribution in [2.24, 2.45) is 0 Å². The summed E-state index contributed by atoms with van der Waals surface area (Å²) in [6, 6.07) is 31.2. The van der Waals surface area contributed by atoms with E-state index < -0.39 is 0 Å². The van der Waals surface area contributed by atoms with Gasteiger partial charge in [0.2, 0.25) is 0 Å². The highest BCUT2D eigenvalue weighted by atomic mass is 14.9. The molecule has 0 heterocycles. The summed E-state index contributed by atoms with van der Waals surface area (Å²) in [6.45, 7) is 2.18. The molecule has 0 fully saturated rings. The van der Waals surface area contributed by atoms with Gasteiger partial charge < -0.3 is 0 Å². The molecule has 0 spiro atoms. The second-order valence-electron chi connectivity index (χ2n) is 5.78. The summed E-state index contributed by atoms with van der Waals surface area (Å²) >= 11 is 0. The van der Waals surface area contributed by atoms with Gasteiger partial charge in [-0.05, 0) is 30.2 Å². The second-order valence-corrected chi connectivity index (χ2v) is 5.78. The molecule has 2 atom stereocenters. The Balaban J connectivity index is 1.85. The Morgan fingerprint density at radius 1 is 0.667 bits per heavy atom. The van der Waals surface area contributed by atoms with Gasteiger partial charge >= 0.3 is 0 Å². The van der Waals surface area contributed by atoms with Crippen LogP contribution in [0, 0.1) is 11.8 Å². The molecule has 0 aliphatic heterocycles. The van der Waals surface area contributed by atoms with Crippen molar-refractivity contribution >= 4 is 0 Å². The van der Waals surface area contributed by atoms with Gasteiger partial charge in [0.05, 0.1) is 6.04 Å². The summed E-state index contributed by atoms with van der Waals surface area (Å²) in [7, 11) is 0. The van der Waals surface area contributed by atoms with Gasteiger partial charge in [-0.25, -0.2) is 0 Å². The average Bonchev–Trinajstić information content (AvgIpc) is 2.67. The van der Waals surface area contributed by atoms with Crippen LogP contribution in [0.25, 0.3) is 0 Å². The highest BCUT2D eigenvalue weighted by Crippen LogP contribution is 2.19. The van der Waals surface area contributed by atoms with E-state index >= 15 is 0 Å². The van der Waals surface area contributed by atoms with Crippen LogP contribution in [-0.4, -0.2) is 0 Å². The van der Waals surface area contributed by atoms with Crippen molar-refractivity contribution in [1.29, 1.82) is 0 Å². The molecule has 0 aliphatic rings. The summed E-state index contributed by atoms with van der Waals surface area (Å²) in [6.07, 6.45) is 0. The largest absolute Gasteiger partial charge is 0.293 e. The average molecular weight is 311 g/mol. The van der Waals surface area contributed by atoms with E-state index in [9.17, 15) is 0 Å². The lowest BCUT2D eigenvalue weighted by Crippen LogP contribution is -2.23. The van der Waals surface area contributed by atoms with Crippen LogP contribution in [0.4, 0.5) is 0 Å². The Morgan fingerprint density at radius 2 is 1.17 bits per heavy atom. The molecule has 118 valence electrons. The third kappa shape index (κ3) is 4.35. The fourth-order valence-electron chi connectivity index (χ4n) is 2.63. The van der Waals surface area contributed by atoms with E-state index in [1.54, 1.807) is 0 Å². The SMILES string of the molecule is CC(NC(C#Cc1ccccc1)c1ccccc1)c1ccccc1. The van der Waals surface area contributed by atoms with Crippen LogP contribution in [0.1, 0.15) is 35.7 Å². The molecule has 0 aromatic heterocycles. The lowest BCUT2D eigenvalue weighted by atomic mass is 10.0. The summed E-state index contributed by atoms with van der Waals surface area (Å²) in [4.78, 5) is 0. The van der Waals surface area contributed by atoms with E-state index in [-0.39, 0.29) is 12.1 Å². The maximum Gasteiger partial charge on any atom is 0.0954 e. The third-order valence-corrected chi connectivity index (χ3v) is 3.98. The van der Waals surface area contributed by atoms with Gasteiger partial charge in [-0.15, -0.1) is 0 Å². The van der Waals surface area contributed by atoms with E-state index in [1.165, 1.54) is 11.1 Å². The van der Waals surface area contributed by atoms with Crippen LogP contribution < -0.4 is 5.32 Å². The van der Waals surface area contributed by atoms with Crippen LogP contribution in [0.5, 0.6) is 0 Å². The summed E-state index contributed by atoms with van der Waals surface area (Å²) < 4.78 is 0. The van der Waals surface area contributed by atoms with Gasteiger partial charge in [0.15, 0.2) is 0 Å². The van der Waals surface area contributed by atoms with Gasteiger partial charge in [0, 0.05) is 11.6 Å². The molecule has 0 saturated carbocycles. The van der Waals surface area contributed by atoms with E-state index in [0.717, 1.165) is 5.56 Å². The Hall–Kier alpha value is -2.82. The zero-order chi connectivity index (χ0) is 16.6. The summed E-state index contributed by atoms with van der Waals surface area (Å²) in [5.74, 6) is 6.68. The number of hydrogen-bond acceptors (Lipinski definition) is 1. The topological polar surface area (TPSA) is 12.0 Å². The van der Waals surface area contributed by atoms with E-state index in [4.69, 9.17) is 0 Å². The Labute approximate surface area is 144 Å². The second kappa shape index (κ2) is 8.15. The first-order chi connectivity index (χ1) is 11.8. The smallest absolute Gasteiger partial charge is 0.0954 e. The first-order valence-corrected chi connectivity index (χ1v) is 8.25. The minimum atomic E-state index is -0.0124. The van der Waals surface area contributed by atoms with Crippen LogP contribution in [0.3, 0.4) is 0 Å². The lowest BCUT2D eigenvalue weighted by molar-refractivity contribution is 0.536. The monoisotopic (exact) mass is 311 g/mol. The zero-order valence-corrected chi connectivity index (χ0v) is 13.8. The lowest BCUT2D eigenvalue weighted by Gasteiger charge is -2.20. The van der Waals surface area contributed by atoms with Crippen molar-refractivity contribution < 1.29 is 0 Å². The molecule has 3 aromatic carbocycles. The van der Waals surface area contributed by atoms with Crippen molar-refractivity contribution in [3.63, 3.8) is 0 Å². The quantitative estimate of drug-likeness (QED) is 0.659. The van der Waals surface area contributed by atoms with Crippen LogP contribution in [0.2, 0.25) is 0 Å². The van der Waals surface area contributed by atoms with Crippen molar-refractivity contribution in [1.82, 2.24) is 5.32 Å². The minimum Gasteiger partial charge on any atom is -0.293 e. The molecule has 2 unspecified atom stereocenters. The third-order valence-electron chi connectivity index (χ3n) is 3.98. The van der Waals surface area contributed by atoms with Gasteiger partial charge in [0.1, 0.15) is 0 Å². The summed E-state index contributed by atoms with van der Waals surface area (Å²) in [5.41, 5.74) is 3.48. The number of nitrogens with one attached hydrogen (secondary N) is 1. The molecule has 0 aliphatic carbocycles. The number of benzene rings is 3. The molecule has 1 N–H and O–H groups in total. The highest BCUT2D eigenvalue weighted by molar-refractivity contribution is 5.37. The molecule has 0 radical (unpaired) electrons. The van der Waals surface area contributed by atoms with Crippen LogP contribution >= 0.6 is 0 Å². The Morgan fingerprint density at radius 3 is 1.75 bits per heavy atom. The highest BCUT2D eigenvalue weighted by Gasteiger charge is 2.12. The van der Waals surface area contributed by atoms with E-state index in [1.807, 2.05) is 42.5 Å². The molecule has 1 heteroatoms. The number of rotatable bonds is 4. The fraction of sp³-hybridized carbons (Fsp3) is 0.130. The van der Waals surface area contributed by atoms with E-state index in [2.05, 4.69) is 72.6 Å². The molecule has 0 bridgehead atoms. The predicted octanol–water partition coefficient (Wildman–Crippen LogP) is 5.13. The maximum absolute atomic E-state index is 3.65. The maximum atomic E-state index is 3.65. The molecule has 24 heavy (non-hydrogen) atoms. The van der Waals surface area contributed by atoms with Crippen LogP contribution in [-0.2, 0) is 0 Å². The van der Waals surface area contributed by atoms with Gasteiger partial charge in [-0.2, -0.15) is 0 Å². The fourth-order valence-corrected chi connectivity index (χ4v) is 2.63. The van der Waals surface area contributed by atoms with Crippen molar-refractivity contribution in [2.75, 3.05) is 0 Å². The standard InChI is InChI=1S/C23H21N/c1-19(21-13-7-3-8-14-21)24-23(22-15-9-4-10-16-22)18-17-20-11-5-2-6-12-20/h2-16,19,23-24H,1H3. The van der Waals surface area contributed by atoms with Gasteiger partial charge in [0.25, 0.3) is 0 Å². The zero-order valence-electron chi connectivity index (χ0n) is 13.8. The molecule has 0 amide bonds. The molecular weight excluding hydrogens is 290 g/mol. The molecule has 1 nitrogen and oxygen atoms in total. The first kappa shape index (κ1) is 16.1. The predicted molar refractivity (Wildman–Crippen MR) is 100 cm³/mol. The summed E-state index contributed by atoms with van der Waals surface area (Å²) in [5, 5.41) is 3.65. The molecule has 3 aromatic rings. The first-order valence-electron chi connectivity index (χ1n) is 8.25. The van der Waals surface area contributed by atoms with Gasteiger partial charge in [-0.3, -0.25) is 5.32 Å². The number of hydrogen-bond donors (Lipinski definition) is 1. The van der Waals surface area contributed by atoms with Crippen LogP contribution in [0.15, 0.2) is 91.0 Å². The van der Waals surface area contributed by atoms with Gasteiger partial charge in [-0.1, -0.05) is 90.7 Å². The Kier molecular flexibility index (Phi) is 5.45.